The predicted molar refractivity (Wildman–Crippen MR) is 232 cm³/mol. The highest BCUT2D eigenvalue weighted by atomic mass is 32.1. The quantitative estimate of drug-likeness (QED) is 0.166. The van der Waals surface area contributed by atoms with Crippen LogP contribution in [0.2, 0.25) is 0 Å². The number of hydrogen-bond acceptors (Lipinski definition) is 4. The molecule has 0 radical (unpaired) electrons. The summed E-state index contributed by atoms with van der Waals surface area (Å²) >= 11 is 1.79. The van der Waals surface area contributed by atoms with Crippen molar-refractivity contribution in [3.8, 4) is 56.4 Å². The number of nitrogens with zero attached hydrogens (tertiary/aromatic N) is 3. The summed E-state index contributed by atoms with van der Waals surface area (Å²) in [6.07, 6.45) is 0. The van der Waals surface area contributed by atoms with E-state index in [0.717, 1.165) is 33.0 Å². The number of rotatable bonds is 5. The molecular formula is C51H31N3S. The molecule has 0 fully saturated rings. The highest BCUT2D eigenvalue weighted by Crippen LogP contribution is 2.41. The minimum Gasteiger partial charge on any atom is -0.208 e. The molecule has 0 spiro atoms. The molecule has 4 heteroatoms. The van der Waals surface area contributed by atoms with E-state index in [1.807, 2.05) is 6.07 Å². The first-order valence-electron chi connectivity index (χ1n) is 18.5. The molecule has 0 bridgehead atoms. The molecule has 0 unspecified atom stereocenters. The summed E-state index contributed by atoms with van der Waals surface area (Å²) in [5.41, 5.74) is 7.68. The first kappa shape index (κ1) is 31.5. The zero-order valence-electron chi connectivity index (χ0n) is 29.6. The van der Waals surface area contributed by atoms with Gasteiger partial charge in [0.05, 0.1) is 0 Å². The van der Waals surface area contributed by atoms with Crippen molar-refractivity contribution in [2.24, 2.45) is 0 Å². The van der Waals surface area contributed by atoms with Gasteiger partial charge in [0.2, 0.25) is 0 Å². The third kappa shape index (κ3) is 5.38. The van der Waals surface area contributed by atoms with Gasteiger partial charge in [0.1, 0.15) is 0 Å². The Morgan fingerprint density at radius 2 is 0.873 bits per heavy atom. The lowest BCUT2D eigenvalue weighted by molar-refractivity contribution is 1.08. The van der Waals surface area contributed by atoms with Crippen molar-refractivity contribution in [2.45, 2.75) is 0 Å². The summed E-state index contributed by atoms with van der Waals surface area (Å²) in [7, 11) is 0. The molecule has 11 aromatic rings. The molecular weight excluding hydrogens is 687 g/mol. The molecule has 0 N–H and O–H groups in total. The lowest BCUT2D eigenvalue weighted by Gasteiger charge is -2.14. The summed E-state index contributed by atoms with van der Waals surface area (Å²) in [6.45, 7) is 0. The highest BCUT2D eigenvalue weighted by Gasteiger charge is 2.19. The van der Waals surface area contributed by atoms with Crippen molar-refractivity contribution in [2.75, 3.05) is 0 Å². The number of benzene rings is 9. The zero-order valence-corrected chi connectivity index (χ0v) is 30.5. The van der Waals surface area contributed by atoms with Gasteiger partial charge in [0.25, 0.3) is 0 Å². The third-order valence-electron chi connectivity index (χ3n) is 10.7. The highest BCUT2D eigenvalue weighted by molar-refractivity contribution is 7.26. The second-order valence-electron chi connectivity index (χ2n) is 14.0. The number of thiophene rings is 1. The summed E-state index contributed by atoms with van der Waals surface area (Å²) in [6, 6.07) is 66.9. The fourth-order valence-corrected chi connectivity index (χ4v) is 9.25. The molecule has 0 aliphatic heterocycles. The maximum absolute atomic E-state index is 5.33. The van der Waals surface area contributed by atoms with Gasteiger partial charge in [0.15, 0.2) is 17.5 Å². The Kier molecular flexibility index (Phi) is 7.35. The maximum atomic E-state index is 5.33. The molecule has 3 nitrogen and oxygen atoms in total. The van der Waals surface area contributed by atoms with E-state index in [4.69, 9.17) is 15.0 Å². The van der Waals surface area contributed by atoms with E-state index < -0.39 is 0 Å². The molecule has 256 valence electrons. The molecule has 0 saturated carbocycles. The Bertz CT molecular complexity index is 3250. The monoisotopic (exact) mass is 717 g/mol. The Morgan fingerprint density at radius 3 is 1.73 bits per heavy atom. The van der Waals surface area contributed by atoms with E-state index in [1.165, 1.54) is 58.4 Å². The summed E-state index contributed by atoms with van der Waals surface area (Å²) < 4.78 is 2.43. The van der Waals surface area contributed by atoms with E-state index in [0.29, 0.717) is 17.5 Å². The van der Waals surface area contributed by atoms with Gasteiger partial charge in [0, 0.05) is 36.9 Å². The molecule has 0 amide bonds. The first-order valence-corrected chi connectivity index (χ1v) is 19.3. The van der Waals surface area contributed by atoms with Crippen molar-refractivity contribution < 1.29 is 0 Å². The van der Waals surface area contributed by atoms with Gasteiger partial charge >= 0.3 is 0 Å². The van der Waals surface area contributed by atoms with Crippen molar-refractivity contribution in [1.29, 1.82) is 0 Å². The van der Waals surface area contributed by atoms with Crippen LogP contribution in [-0.4, -0.2) is 15.0 Å². The Morgan fingerprint density at radius 1 is 0.291 bits per heavy atom. The van der Waals surface area contributed by atoms with Crippen LogP contribution >= 0.6 is 11.3 Å². The van der Waals surface area contributed by atoms with Crippen LogP contribution in [0.5, 0.6) is 0 Å². The van der Waals surface area contributed by atoms with Crippen molar-refractivity contribution in [3.05, 3.63) is 188 Å². The molecule has 0 saturated heterocycles. The summed E-state index contributed by atoms with van der Waals surface area (Å²) in [4.78, 5) is 15.8. The minimum atomic E-state index is 0.646. The summed E-state index contributed by atoms with van der Waals surface area (Å²) in [5.74, 6) is 1.97. The molecule has 2 aromatic heterocycles. The Balaban J connectivity index is 1.13. The van der Waals surface area contributed by atoms with Crippen LogP contribution in [0, 0.1) is 0 Å². The molecule has 0 aliphatic carbocycles. The zero-order chi connectivity index (χ0) is 36.3. The van der Waals surface area contributed by atoms with Gasteiger partial charge in [-0.1, -0.05) is 164 Å². The Labute approximate surface area is 321 Å². The van der Waals surface area contributed by atoms with Crippen LogP contribution in [-0.2, 0) is 0 Å². The third-order valence-corrected chi connectivity index (χ3v) is 12.0. The van der Waals surface area contributed by atoms with Crippen LogP contribution in [0.1, 0.15) is 0 Å². The van der Waals surface area contributed by atoms with E-state index in [2.05, 4.69) is 182 Å². The van der Waals surface area contributed by atoms with Crippen molar-refractivity contribution in [1.82, 2.24) is 15.0 Å². The molecule has 0 aliphatic rings. The smallest absolute Gasteiger partial charge is 0.165 e. The average Bonchev–Trinajstić information content (AvgIpc) is 3.65. The van der Waals surface area contributed by atoms with E-state index in [9.17, 15) is 0 Å². The fraction of sp³-hybridized carbons (Fsp3) is 0. The second kappa shape index (κ2) is 12.8. The SMILES string of the molecule is c1ccc(-c2ccc(-c3nc(-c4cc5ccc(-c6cccc7ccccc67)cc5c5ccccc45)nc(-c4cccc5c4sc4ccccc45)n3)cc2)cc1. The lowest BCUT2D eigenvalue weighted by Crippen LogP contribution is -2.01. The van der Waals surface area contributed by atoms with Gasteiger partial charge in [-0.3, -0.25) is 0 Å². The van der Waals surface area contributed by atoms with Crippen molar-refractivity contribution >= 4 is 63.8 Å². The average molecular weight is 718 g/mol. The topological polar surface area (TPSA) is 38.7 Å². The number of fused-ring (bicyclic) bond motifs is 7. The van der Waals surface area contributed by atoms with E-state index in [-0.39, 0.29) is 0 Å². The number of aromatic nitrogens is 3. The van der Waals surface area contributed by atoms with Crippen LogP contribution in [0.25, 0.3) is 109 Å². The minimum absolute atomic E-state index is 0.646. The van der Waals surface area contributed by atoms with Gasteiger partial charge in [-0.2, -0.15) is 0 Å². The van der Waals surface area contributed by atoms with Crippen molar-refractivity contribution in [3.63, 3.8) is 0 Å². The van der Waals surface area contributed by atoms with Gasteiger partial charge in [-0.05, 0) is 78.8 Å². The first-order chi connectivity index (χ1) is 27.2. The second-order valence-corrected chi connectivity index (χ2v) is 15.0. The molecule has 11 rings (SSSR count). The molecule has 9 aromatic carbocycles. The molecule has 2 heterocycles. The van der Waals surface area contributed by atoms with Crippen LogP contribution in [0.15, 0.2) is 188 Å². The maximum Gasteiger partial charge on any atom is 0.165 e. The van der Waals surface area contributed by atoms with E-state index in [1.54, 1.807) is 11.3 Å². The fourth-order valence-electron chi connectivity index (χ4n) is 8.04. The van der Waals surface area contributed by atoms with Gasteiger partial charge < -0.3 is 0 Å². The lowest BCUT2D eigenvalue weighted by atomic mass is 9.92. The van der Waals surface area contributed by atoms with Crippen LogP contribution in [0.4, 0.5) is 0 Å². The van der Waals surface area contributed by atoms with Gasteiger partial charge in [-0.25, -0.2) is 15.0 Å². The van der Waals surface area contributed by atoms with Gasteiger partial charge in [-0.15, -0.1) is 11.3 Å². The van der Waals surface area contributed by atoms with Crippen LogP contribution < -0.4 is 0 Å². The summed E-state index contributed by atoms with van der Waals surface area (Å²) in [5, 5.41) is 9.56. The van der Waals surface area contributed by atoms with E-state index >= 15 is 0 Å². The Hall–Kier alpha value is -7.01. The predicted octanol–water partition coefficient (Wildman–Crippen LogP) is 14.0. The number of hydrogen-bond donors (Lipinski definition) is 0. The normalized spacial score (nSPS) is 11.6. The largest absolute Gasteiger partial charge is 0.208 e. The van der Waals surface area contributed by atoms with Crippen LogP contribution in [0.3, 0.4) is 0 Å². The standard InChI is InChI=1S/C51H31N3S/c1-2-12-32(13-3-1)33-24-26-35(27-25-33)49-52-50(44-22-11-21-43-42-19-8-9-23-47(42)55-48(43)44)54-51(53-49)46-31-37-29-28-36(30-45(37)40-17-6-7-18-41(40)46)39-20-10-15-34-14-4-5-16-38(34)39/h1-31H. The molecule has 0 atom stereocenters. The molecule has 55 heavy (non-hydrogen) atoms.